The lowest BCUT2D eigenvalue weighted by Gasteiger charge is -2.54. The number of aromatic nitrogens is 1. The van der Waals surface area contributed by atoms with Crippen LogP contribution in [0.25, 0.3) is 10.8 Å². The van der Waals surface area contributed by atoms with Gasteiger partial charge in [-0.3, -0.25) is 9.88 Å². The molecular formula is C32H36N2O3. The molecule has 3 fully saturated rings. The van der Waals surface area contributed by atoms with Gasteiger partial charge in [-0.25, -0.2) is 0 Å². The SMILES string of the molecule is C[C@]12CC=C3C=C4C=C[C@@H](N5C[C@H](O)[C@@H](O)C5)C[C@]45CCC3(O5)[C@@H]1CCC2c1ccc2ccncc2c1. The van der Waals surface area contributed by atoms with Gasteiger partial charge in [0.1, 0.15) is 0 Å². The first kappa shape index (κ1) is 22.7. The minimum atomic E-state index is -0.653. The Morgan fingerprint density at radius 3 is 2.76 bits per heavy atom. The molecule has 1 saturated carbocycles. The van der Waals surface area contributed by atoms with Crippen molar-refractivity contribution >= 4 is 10.8 Å². The minimum Gasteiger partial charge on any atom is -0.389 e. The van der Waals surface area contributed by atoms with Crippen LogP contribution in [-0.2, 0) is 4.74 Å². The zero-order valence-electron chi connectivity index (χ0n) is 21.5. The predicted molar refractivity (Wildman–Crippen MR) is 143 cm³/mol. The third-order valence-corrected chi connectivity index (χ3v) is 11.1. The lowest BCUT2D eigenvalue weighted by molar-refractivity contribution is -0.132. The summed E-state index contributed by atoms with van der Waals surface area (Å²) in [6.07, 6.45) is 18.6. The van der Waals surface area contributed by atoms with Crippen molar-refractivity contribution < 1.29 is 14.9 Å². The second kappa shape index (κ2) is 7.63. The molecule has 5 nitrogen and oxygen atoms in total. The van der Waals surface area contributed by atoms with Gasteiger partial charge in [-0.15, -0.1) is 0 Å². The molecule has 0 amide bonds. The number of ether oxygens (including phenoxy) is 1. The summed E-state index contributed by atoms with van der Waals surface area (Å²) in [7, 11) is 0. The molecule has 2 saturated heterocycles. The second-order valence-corrected chi connectivity index (χ2v) is 12.8. The maximum absolute atomic E-state index is 10.2. The first-order chi connectivity index (χ1) is 17.9. The largest absolute Gasteiger partial charge is 0.389 e. The summed E-state index contributed by atoms with van der Waals surface area (Å²) in [6.45, 7) is 3.59. The van der Waals surface area contributed by atoms with E-state index < -0.39 is 12.2 Å². The Kier molecular flexibility index (Phi) is 4.67. The number of hydrogen-bond donors (Lipinski definition) is 2. The Labute approximate surface area is 218 Å². The summed E-state index contributed by atoms with van der Waals surface area (Å²) in [5, 5.41) is 22.8. The highest BCUT2D eigenvalue weighted by Gasteiger charge is 2.66. The molecule has 8 atom stereocenters. The average Bonchev–Trinajstić information content (AvgIpc) is 3.54. The summed E-state index contributed by atoms with van der Waals surface area (Å²) in [5.74, 6) is 1.03. The van der Waals surface area contributed by atoms with Crippen molar-refractivity contribution in [2.24, 2.45) is 11.3 Å². The van der Waals surface area contributed by atoms with E-state index in [9.17, 15) is 10.2 Å². The number of hydrogen-bond acceptors (Lipinski definition) is 5. The molecule has 2 N–H and O–H groups in total. The number of fused-ring (bicyclic) bond motifs is 2. The molecule has 1 aromatic carbocycles. The Morgan fingerprint density at radius 2 is 1.89 bits per heavy atom. The highest BCUT2D eigenvalue weighted by Crippen LogP contribution is 2.69. The lowest BCUT2D eigenvalue weighted by Crippen LogP contribution is -2.54. The van der Waals surface area contributed by atoms with Gasteiger partial charge in [-0.2, -0.15) is 0 Å². The van der Waals surface area contributed by atoms with Crippen molar-refractivity contribution in [3.8, 4) is 0 Å². The Hall–Kier alpha value is -2.31. The molecule has 192 valence electrons. The summed E-state index contributed by atoms with van der Waals surface area (Å²) < 4.78 is 7.41. The molecule has 8 rings (SSSR count). The van der Waals surface area contributed by atoms with Gasteiger partial charge in [-0.05, 0) is 90.0 Å². The number of aliphatic hydroxyl groups is 2. The average molecular weight is 497 g/mol. The Morgan fingerprint density at radius 1 is 1.03 bits per heavy atom. The van der Waals surface area contributed by atoms with Crippen molar-refractivity contribution in [1.82, 2.24) is 9.88 Å². The second-order valence-electron chi connectivity index (χ2n) is 12.8. The fourth-order valence-electron chi connectivity index (χ4n) is 9.23. The molecule has 4 heterocycles. The monoisotopic (exact) mass is 496 g/mol. The van der Waals surface area contributed by atoms with E-state index in [2.05, 4.69) is 65.4 Å². The van der Waals surface area contributed by atoms with E-state index in [-0.39, 0.29) is 22.7 Å². The first-order valence-corrected chi connectivity index (χ1v) is 14.2. The van der Waals surface area contributed by atoms with E-state index in [0.29, 0.717) is 24.9 Å². The third-order valence-electron chi connectivity index (χ3n) is 11.1. The molecule has 0 radical (unpaired) electrons. The van der Waals surface area contributed by atoms with E-state index in [1.165, 1.54) is 40.3 Å². The molecule has 6 aliphatic rings. The summed E-state index contributed by atoms with van der Waals surface area (Å²) >= 11 is 0. The maximum Gasteiger partial charge on any atom is 0.0975 e. The van der Waals surface area contributed by atoms with E-state index in [1.807, 2.05) is 12.4 Å². The van der Waals surface area contributed by atoms with Crippen LogP contribution in [-0.4, -0.2) is 62.6 Å². The van der Waals surface area contributed by atoms with Crippen molar-refractivity contribution in [1.29, 1.82) is 0 Å². The maximum atomic E-state index is 10.2. The molecule has 3 aliphatic heterocycles. The molecule has 1 aromatic heterocycles. The Balaban J connectivity index is 1.14. The standard InChI is InChI=1S/C32H36N2O3/c1-30-10-8-24-15-23-4-5-25(34-18-27(35)28(36)19-34)16-31(23)11-12-32(24,37-31)29(30)7-6-26(30)21-3-2-20-9-13-33-17-22(20)14-21/h2-5,8-9,13-15,17,25-29,35-36H,6-7,10-12,16,18-19H2,1H3/t25-,26?,27+,28+,29-,30-,31-,32?/m1/s1. The predicted octanol–water partition coefficient (Wildman–Crippen LogP) is 4.66. The van der Waals surface area contributed by atoms with Crippen molar-refractivity contribution in [3.05, 3.63) is 77.7 Å². The topological polar surface area (TPSA) is 65.8 Å². The van der Waals surface area contributed by atoms with E-state index in [4.69, 9.17) is 4.74 Å². The van der Waals surface area contributed by atoms with E-state index >= 15 is 0 Å². The molecule has 37 heavy (non-hydrogen) atoms. The molecule has 2 bridgehead atoms. The quantitative estimate of drug-likeness (QED) is 0.633. The molecule has 2 aromatic rings. The van der Waals surface area contributed by atoms with Crippen LogP contribution in [0.4, 0.5) is 0 Å². The van der Waals surface area contributed by atoms with Gasteiger partial charge < -0.3 is 14.9 Å². The van der Waals surface area contributed by atoms with Crippen LogP contribution >= 0.6 is 0 Å². The molecule has 2 spiro atoms. The lowest BCUT2D eigenvalue weighted by atomic mass is 9.58. The van der Waals surface area contributed by atoms with Gasteiger partial charge in [0, 0.05) is 36.9 Å². The van der Waals surface area contributed by atoms with E-state index in [1.54, 1.807) is 0 Å². The molecule has 5 heteroatoms. The van der Waals surface area contributed by atoms with Crippen LogP contribution in [0.2, 0.25) is 0 Å². The number of β-amino-alcohol motifs (C(OH)–C–C–N with tert-alkyl or cyclic N) is 2. The highest BCUT2D eigenvalue weighted by atomic mass is 16.5. The number of pyridine rings is 1. The van der Waals surface area contributed by atoms with Crippen LogP contribution in [0.15, 0.2) is 72.1 Å². The first-order valence-electron chi connectivity index (χ1n) is 14.2. The van der Waals surface area contributed by atoms with Crippen molar-refractivity contribution in [2.45, 2.75) is 80.8 Å². The van der Waals surface area contributed by atoms with Crippen LogP contribution in [0.1, 0.15) is 56.9 Å². The van der Waals surface area contributed by atoms with Crippen LogP contribution in [0, 0.1) is 11.3 Å². The zero-order chi connectivity index (χ0) is 25.0. The van der Waals surface area contributed by atoms with Gasteiger partial charge in [0.25, 0.3) is 0 Å². The number of likely N-dealkylation sites (tertiary alicyclic amines) is 1. The van der Waals surface area contributed by atoms with Gasteiger partial charge in [-0.1, -0.05) is 43.4 Å². The van der Waals surface area contributed by atoms with Crippen LogP contribution < -0.4 is 0 Å². The normalized spacial score (nSPS) is 44.4. The number of benzene rings is 1. The Bertz CT molecular complexity index is 1370. The van der Waals surface area contributed by atoms with Gasteiger partial charge in [0.05, 0.1) is 23.4 Å². The minimum absolute atomic E-state index is 0.170. The number of aliphatic hydroxyl groups excluding tert-OH is 2. The van der Waals surface area contributed by atoms with Crippen LogP contribution in [0.3, 0.4) is 0 Å². The van der Waals surface area contributed by atoms with Crippen molar-refractivity contribution in [3.63, 3.8) is 0 Å². The smallest absolute Gasteiger partial charge is 0.0975 e. The van der Waals surface area contributed by atoms with Crippen molar-refractivity contribution in [2.75, 3.05) is 13.1 Å². The summed E-state index contributed by atoms with van der Waals surface area (Å²) in [5.41, 5.74) is 3.91. The zero-order valence-corrected chi connectivity index (χ0v) is 21.5. The highest BCUT2D eigenvalue weighted by molar-refractivity contribution is 5.82. The fourth-order valence-corrected chi connectivity index (χ4v) is 9.23. The fraction of sp³-hybridized carbons (Fsp3) is 0.531. The number of rotatable bonds is 2. The van der Waals surface area contributed by atoms with Gasteiger partial charge >= 0.3 is 0 Å². The summed E-state index contributed by atoms with van der Waals surface area (Å²) in [6, 6.07) is 9.29. The van der Waals surface area contributed by atoms with Gasteiger partial charge in [0.2, 0.25) is 0 Å². The number of allylic oxidation sites excluding steroid dienone is 1. The molecule has 3 aliphatic carbocycles. The van der Waals surface area contributed by atoms with Gasteiger partial charge in [0.15, 0.2) is 0 Å². The third kappa shape index (κ3) is 3.03. The molecular weight excluding hydrogens is 460 g/mol. The van der Waals surface area contributed by atoms with E-state index in [0.717, 1.165) is 25.7 Å². The van der Waals surface area contributed by atoms with Crippen LogP contribution in [0.5, 0.6) is 0 Å². The molecule has 2 unspecified atom stereocenters. The number of nitrogens with zero attached hydrogens (tertiary/aromatic N) is 2. The summed E-state index contributed by atoms with van der Waals surface area (Å²) in [4.78, 5) is 6.61.